The third-order valence-corrected chi connectivity index (χ3v) is 17.2. The van der Waals surface area contributed by atoms with Gasteiger partial charge in [-0.3, -0.25) is 14.2 Å². The molecule has 3 aromatic rings. The summed E-state index contributed by atoms with van der Waals surface area (Å²) in [5.74, 6) is 4.03. The van der Waals surface area contributed by atoms with Gasteiger partial charge in [-0.25, -0.2) is 4.98 Å². The number of pyridine rings is 1. The van der Waals surface area contributed by atoms with Crippen LogP contribution >= 0.6 is 0 Å². The fraction of sp³-hybridized carbons (Fsp3) is 0.579. The number of nitrogens with zero attached hydrogens (tertiary/aromatic N) is 5. The van der Waals surface area contributed by atoms with Gasteiger partial charge in [-0.05, 0) is 80.5 Å². The van der Waals surface area contributed by atoms with E-state index in [1.54, 1.807) is 6.92 Å². The molecule has 2 aromatic heterocycles. The van der Waals surface area contributed by atoms with Gasteiger partial charge >= 0.3 is 0 Å². The van der Waals surface area contributed by atoms with E-state index in [2.05, 4.69) is 105 Å². The van der Waals surface area contributed by atoms with E-state index >= 15 is 0 Å². The highest BCUT2D eigenvalue weighted by atomic mass is 28.3. The zero-order valence-electron chi connectivity index (χ0n) is 30.5. The molecule has 0 bridgehead atoms. The van der Waals surface area contributed by atoms with E-state index in [0.717, 1.165) is 68.5 Å². The fourth-order valence-electron chi connectivity index (χ4n) is 8.20. The van der Waals surface area contributed by atoms with Crippen molar-refractivity contribution in [3.05, 3.63) is 51.9 Å². The number of hydrogen-bond acceptors (Lipinski definition) is 7. The molecule has 1 saturated carbocycles. The second-order valence-electron chi connectivity index (χ2n) is 14.9. The summed E-state index contributed by atoms with van der Waals surface area (Å²) in [6.07, 6.45) is 5.06. The maximum absolute atomic E-state index is 14.3. The average molecular weight is 670 g/mol. The zero-order valence-corrected chi connectivity index (χ0v) is 31.5. The summed E-state index contributed by atoms with van der Waals surface area (Å²) in [4.78, 5) is 40.6. The van der Waals surface area contributed by atoms with Crippen molar-refractivity contribution < 1.29 is 4.79 Å². The maximum atomic E-state index is 14.3. The molecule has 0 spiro atoms. The van der Waals surface area contributed by atoms with Gasteiger partial charge in [0, 0.05) is 73.9 Å². The normalized spacial score (nSPS) is 19.1. The molecule has 258 valence electrons. The first-order chi connectivity index (χ1) is 22.8. The van der Waals surface area contributed by atoms with Crippen molar-refractivity contribution in [1.29, 1.82) is 0 Å². The van der Waals surface area contributed by atoms with E-state index in [0.29, 0.717) is 33.8 Å². The monoisotopic (exact) mass is 669 g/mol. The molecule has 0 atom stereocenters. The van der Waals surface area contributed by atoms with Crippen LogP contribution in [0.1, 0.15) is 91.3 Å². The summed E-state index contributed by atoms with van der Waals surface area (Å²) < 4.78 is 1.89. The maximum Gasteiger partial charge on any atom is 0.256 e. The Morgan fingerprint density at radius 3 is 2.10 bits per heavy atom. The van der Waals surface area contributed by atoms with E-state index in [1.165, 1.54) is 5.69 Å². The van der Waals surface area contributed by atoms with Gasteiger partial charge in [0.15, 0.2) is 0 Å². The highest BCUT2D eigenvalue weighted by Gasteiger charge is 2.42. The molecular formula is C38H55N7O2Si. The Labute approximate surface area is 287 Å². The number of rotatable bonds is 8. The van der Waals surface area contributed by atoms with Gasteiger partial charge in [-0.1, -0.05) is 47.5 Å². The second-order valence-corrected chi connectivity index (χ2v) is 20.5. The van der Waals surface area contributed by atoms with Gasteiger partial charge in [-0.15, -0.1) is 5.54 Å². The number of nitrogens with one attached hydrogen (secondary N) is 2. The Kier molecular flexibility index (Phi) is 11.0. The van der Waals surface area contributed by atoms with Crippen LogP contribution in [-0.2, 0) is 4.79 Å². The Morgan fingerprint density at radius 1 is 0.938 bits per heavy atom. The summed E-state index contributed by atoms with van der Waals surface area (Å²) in [5, 5.41) is 7.29. The first-order valence-corrected chi connectivity index (χ1v) is 20.1. The van der Waals surface area contributed by atoms with Crippen LogP contribution in [0.4, 0.5) is 17.3 Å². The van der Waals surface area contributed by atoms with E-state index in [4.69, 9.17) is 9.97 Å². The number of amides is 1. The minimum Gasteiger partial charge on any atom is -0.369 e. The highest BCUT2D eigenvalue weighted by molar-refractivity contribution is 6.90. The number of anilines is 3. The summed E-state index contributed by atoms with van der Waals surface area (Å²) in [6.45, 7) is 21.4. The number of carbonyl (C=O) groups excluding carboxylic acids is 1. The molecule has 5 rings (SSSR count). The smallest absolute Gasteiger partial charge is 0.256 e. The molecule has 2 N–H and O–H groups in total. The Balaban J connectivity index is 1.56. The summed E-state index contributed by atoms with van der Waals surface area (Å²) in [7, 11) is 0.114. The second kappa shape index (κ2) is 14.8. The van der Waals surface area contributed by atoms with Gasteiger partial charge < -0.3 is 20.4 Å². The molecule has 1 aliphatic heterocycles. The third-order valence-electron chi connectivity index (χ3n) is 10.9. The van der Waals surface area contributed by atoms with Crippen LogP contribution in [0.25, 0.3) is 11.0 Å². The Bertz CT molecular complexity index is 1700. The molecule has 10 heteroatoms. The minimum atomic E-state index is -2.05. The number of hydrogen-bond donors (Lipinski definition) is 2. The molecule has 48 heavy (non-hydrogen) atoms. The molecule has 1 amide bonds. The number of piperazine rings is 1. The number of carbonyl (C=O) groups is 1. The van der Waals surface area contributed by atoms with E-state index in [-0.39, 0.29) is 23.6 Å². The molecule has 0 unspecified atom stereocenters. The van der Waals surface area contributed by atoms with Crippen molar-refractivity contribution in [3.8, 4) is 11.5 Å². The van der Waals surface area contributed by atoms with Crippen molar-refractivity contribution in [1.82, 2.24) is 24.8 Å². The quantitative estimate of drug-likeness (QED) is 0.202. The zero-order chi connectivity index (χ0) is 34.7. The third kappa shape index (κ3) is 7.32. The largest absolute Gasteiger partial charge is 0.369 e. The van der Waals surface area contributed by atoms with Crippen LogP contribution in [0.5, 0.6) is 0 Å². The van der Waals surface area contributed by atoms with Crippen molar-refractivity contribution in [3.63, 3.8) is 0 Å². The number of benzene rings is 1. The molecule has 2 aliphatic rings. The van der Waals surface area contributed by atoms with Gasteiger partial charge in [0.2, 0.25) is 11.9 Å². The number of likely N-dealkylation sites (N-methyl/N-ethyl adjacent to an activating group) is 1. The van der Waals surface area contributed by atoms with Gasteiger partial charge in [0.25, 0.3) is 5.56 Å². The topological polar surface area (TPSA) is 95.4 Å². The molecule has 2 fully saturated rings. The van der Waals surface area contributed by atoms with E-state index in [9.17, 15) is 9.59 Å². The van der Waals surface area contributed by atoms with Crippen LogP contribution in [0, 0.1) is 18.4 Å². The van der Waals surface area contributed by atoms with Gasteiger partial charge in [0.05, 0.1) is 5.39 Å². The highest BCUT2D eigenvalue weighted by Crippen LogP contribution is 2.41. The lowest BCUT2D eigenvalue weighted by Gasteiger charge is -2.38. The number of aromatic nitrogens is 3. The Morgan fingerprint density at radius 2 is 1.54 bits per heavy atom. The lowest BCUT2D eigenvalue weighted by Crippen LogP contribution is -2.44. The molecule has 1 aliphatic carbocycles. The molecule has 1 aromatic carbocycles. The Hall–Kier alpha value is -3.68. The molecule has 9 nitrogen and oxygen atoms in total. The van der Waals surface area contributed by atoms with Crippen LogP contribution in [0.15, 0.2) is 35.3 Å². The lowest BCUT2D eigenvalue weighted by atomic mass is 9.90. The lowest BCUT2D eigenvalue weighted by molar-refractivity contribution is -0.119. The van der Waals surface area contributed by atoms with E-state index < -0.39 is 8.07 Å². The van der Waals surface area contributed by atoms with Crippen LogP contribution in [-0.4, -0.2) is 72.7 Å². The summed E-state index contributed by atoms with van der Waals surface area (Å²) in [5.41, 5.74) is 9.36. The average Bonchev–Trinajstić information content (AvgIpc) is 3.04. The van der Waals surface area contributed by atoms with Crippen molar-refractivity contribution in [2.75, 3.05) is 43.4 Å². The van der Waals surface area contributed by atoms with Crippen molar-refractivity contribution in [2.45, 2.75) is 110 Å². The van der Waals surface area contributed by atoms with Crippen LogP contribution in [0.3, 0.4) is 0 Å². The summed E-state index contributed by atoms with van der Waals surface area (Å²) in [6, 6.07) is 8.53. The molecule has 1 saturated heterocycles. The molecular weight excluding hydrogens is 615 g/mol. The standard InChI is InChI=1S/C38H55N7O2Si/c1-25(2)48(26(3)4,27(5)6)23-18-34-28(7)37(47)45(33-16-12-30(13-17-33)40-29(8)46)36-35(34)24-39-38(42-36)41-31-10-14-32(15-11-31)44-21-19-43(9)20-22-44/h10-11,14-15,24-27,30,33H,12-13,16-17,19-22H2,1-9H3,(H,40,46)(H,39,41,42). The van der Waals surface area contributed by atoms with Crippen molar-refractivity contribution in [2.24, 2.45) is 0 Å². The fourth-order valence-corrected chi connectivity index (χ4v) is 13.4. The predicted molar refractivity (Wildman–Crippen MR) is 201 cm³/mol. The minimum absolute atomic E-state index is 0.0105. The van der Waals surface area contributed by atoms with Crippen LogP contribution in [0.2, 0.25) is 16.6 Å². The van der Waals surface area contributed by atoms with Crippen LogP contribution < -0.4 is 21.1 Å². The first kappa shape index (κ1) is 35.6. The predicted octanol–water partition coefficient (Wildman–Crippen LogP) is 6.78. The first-order valence-electron chi connectivity index (χ1n) is 17.8. The summed E-state index contributed by atoms with van der Waals surface area (Å²) >= 11 is 0. The molecule has 0 radical (unpaired) electrons. The van der Waals surface area contributed by atoms with Gasteiger partial charge in [-0.2, -0.15) is 4.98 Å². The number of fused-ring (bicyclic) bond motifs is 1. The van der Waals surface area contributed by atoms with Gasteiger partial charge in [0.1, 0.15) is 13.7 Å². The van der Waals surface area contributed by atoms with Crippen molar-refractivity contribution >= 4 is 42.3 Å². The SMILES string of the molecule is CC(=O)NC1CCC(n2c(=O)c(C)c(C#C[Si](C(C)C)(C(C)C)C(C)C)c3cnc(Nc4ccc(N5CCN(C)CC5)cc4)nc32)CC1. The van der Waals surface area contributed by atoms with E-state index in [1.807, 2.05) is 17.7 Å². The molecule has 3 heterocycles.